The van der Waals surface area contributed by atoms with Gasteiger partial charge in [-0.1, -0.05) is 35.3 Å². The molecule has 0 aliphatic heterocycles. The number of hydrogen-bond acceptors (Lipinski definition) is 2. The fraction of sp³-hybridized carbons (Fsp3) is 0.0909. The van der Waals surface area contributed by atoms with Crippen molar-refractivity contribution in [2.45, 2.75) is 6.42 Å². The van der Waals surface area contributed by atoms with Gasteiger partial charge >= 0.3 is 0 Å². The molecule has 0 amide bonds. The van der Waals surface area contributed by atoms with E-state index in [-0.39, 0.29) is 16.1 Å². The first-order valence-corrected chi connectivity index (χ1v) is 5.32. The number of rotatable bonds is 2. The normalized spacial score (nSPS) is 10.4. The van der Waals surface area contributed by atoms with Crippen molar-refractivity contribution >= 4 is 23.2 Å². The molecule has 82 valence electrons. The summed E-state index contributed by atoms with van der Waals surface area (Å²) in [5.41, 5.74) is 0.776. The smallest absolute Gasteiger partial charge is 0.136 e. The Labute approximate surface area is 102 Å². The lowest BCUT2D eigenvalue weighted by Crippen LogP contribution is -1.97. The van der Waals surface area contributed by atoms with Crippen molar-refractivity contribution in [3.8, 4) is 0 Å². The van der Waals surface area contributed by atoms with E-state index in [1.807, 2.05) is 0 Å². The zero-order chi connectivity index (χ0) is 11.5. The highest BCUT2D eigenvalue weighted by Gasteiger charge is 2.03. The molecule has 0 radical (unpaired) electrons. The summed E-state index contributed by atoms with van der Waals surface area (Å²) in [5, 5.41) is 0.567. The van der Waals surface area contributed by atoms with E-state index in [0.29, 0.717) is 12.2 Å². The Morgan fingerprint density at radius 2 is 1.75 bits per heavy atom. The minimum Gasteiger partial charge on any atom is -0.221 e. The Morgan fingerprint density at radius 1 is 1.06 bits per heavy atom. The third-order valence-corrected chi connectivity index (χ3v) is 2.35. The lowest BCUT2D eigenvalue weighted by Gasteiger charge is -2.01. The number of aromatic nitrogens is 2. The van der Waals surface area contributed by atoms with Crippen molar-refractivity contribution < 1.29 is 4.39 Å². The highest BCUT2D eigenvalue weighted by molar-refractivity contribution is 6.33. The minimum absolute atomic E-state index is 0.284. The van der Waals surface area contributed by atoms with Gasteiger partial charge in [-0.2, -0.15) is 0 Å². The van der Waals surface area contributed by atoms with Crippen LogP contribution >= 0.6 is 23.2 Å². The number of halogens is 3. The molecule has 0 aliphatic carbocycles. The van der Waals surface area contributed by atoms with Gasteiger partial charge in [0.15, 0.2) is 0 Å². The maximum atomic E-state index is 12.9. The number of nitrogens with zero attached hydrogens (tertiary/aromatic N) is 2. The van der Waals surface area contributed by atoms with E-state index >= 15 is 0 Å². The third kappa shape index (κ3) is 2.90. The summed E-state index contributed by atoms with van der Waals surface area (Å²) in [6.07, 6.45) is 0.401. The maximum absolute atomic E-state index is 12.9. The first kappa shape index (κ1) is 11.3. The van der Waals surface area contributed by atoms with Crippen LogP contribution in [0.15, 0.2) is 30.3 Å². The summed E-state index contributed by atoms with van der Waals surface area (Å²) in [6.45, 7) is 0. The molecule has 2 nitrogen and oxygen atoms in total. The second-order valence-corrected chi connectivity index (χ2v) is 4.01. The summed E-state index contributed by atoms with van der Waals surface area (Å²) >= 11 is 11.5. The van der Waals surface area contributed by atoms with Crippen LogP contribution in [-0.4, -0.2) is 9.97 Å². The van der Waals surface area contributed by atoms with E-state index in [1.165, 1.54) is 18.2 Å². The van der Waals surface area contributed by atoms with Gasteiger partial charge in [-0.25, -0.2) is 14.4 Å². The van der Waals surface area contributed by atoms with Crippen LogP contribution in [-0.2, 0) is 6.42 Å². The van der Waals surface area contributed by atoms with Crippen LogP contribution in [0.3, 0.4) is 0 Å². The number of benzene rings is 1. The van der Waals surface area contributed by atoms with Gasteiger partial charge in [0.25, 0.3) is 0 Å². The molecule has 0 bridgehead atoms. The Bertz CT molecular complexity index is 497. The molecule has 16 heavy (non-hydrogen) atoms. The fourth-order valence-electron chi connectivity index (χ4n) is 1.34. The van der Waals surface area contributed by atoms with Crippen molar-refractivity contribution in [1.82, 2.24) is 9.97 Å². The molecule has 5 heteroatoms. The lowest BCUT2D eigenvalue weighted by atomic mass is 10.1. The van der Waals surface area contributed by atoms with E-state index in [2.05, 4.69) is 9.97 Å². The molecule has 0 N–H and O–H groups in total. The molecule has 0 saturated carbocycles. The lowest BCUT2D eigenvalue weighted by molar-refractivity contribution is 0.626. The second-order valence-electron chi connectivity index (χ2n) is 3.24. The Kier molecular flexibility index (Phi) is 3.36. The van der Waals surface area contributed by atoms with Crippen LogP contribution in [0.5, 0.6) is 0 Å². The molecule has 1 heterocycles. The van der Waals surface area contributed by atoms with Crippen molar-refractivity contribution in [1.29, 1.82) is 0 Å². The zero-order valence-electron chi connectivity index (χ0n) is 8.12. The molecule has 1 aromatic carbocycles. The van der Waals surface area contributed by atoms with E-state index < -0.39 is 0 Å². The van der Waals surface area contributed by atoms with Gasteiger partial charge < -0.3 is 0 Å². The molecular formula is C11H7Cl2FN2. The molecule has 2 rings (SSSR count). The Morgan fingerprint density at radius 3 is 2.38 bits per heavy atom. The molecule has 0 fully saturated rings. The summed E-state index contributed by atoms with van der Waals surface area (Å²) in [4.78, 5) is 8.01. The van der Waals surface area contributed by atoms with E-state index in [9.17, 15) is 4.39 Å². The molecule has 0 unspecified atom stereocenters. The summed E-state index contributed by atoms with van der Waals surface area (Å²) in [7, 11) is 0. The van der Waals surface area contributed by atoms with E-state index in [1.54, 1.807) is 12.1 Å². The molecule has 0 aliphatic rings. The average Bonchev–Trinajstić information content (AvgIpc) is 2.15. The van der Waals surface area contributed by atoms with Crippen LogP contribution in [0.2, 0.25) is 10.3 Å². The van der Waals surface area contributed by atoms with E-state index in [0.717, 1.165) is 5.56 Å². The second kappa shape index (κ2) is 4.76. The number of hydrogen-bond donors (Lipinski definition) is 0. The first-order chi connectivity index (χ1) is 7.63. The van der Waals surface area contributed by atoms with Gasteiger partial charge in [0.1, 0.15) is 21.9 Å². The Hall–Kier alpha value is -1.19. The average molecular weight is 257 g/mol. The van der Waals surface area contributed by atoms with E-state index in [4.69, 9.17) is 23.2 Å². The van der Waals surface area contributed by atoms with Crippen molar-refractivity contribution in [3.63, 3.8) is 0 Å². The van der Waals surface area contributed by atoms with Gasteiger partial charge in [-0.3, -0.25) is 0 Å². The highest BCUT2D eigenvalue weighted by Crippen LogP contribution is 2.14. The molecule has 0 spiro atoms. The molecule has 0 saturated heterocycles. The minimum atomic E-state index is -0.286. The SMILES string of the molecule is Fc1cccc(Cc2nc(Cl)cc(Cl)n2)c1. The standard InChI is InChI=1S/C11H7Cl2FN2/c12-9-6-10(13)16-11(15-9)5-7-2-1-3-8(14)4-7/h1-4,6H,5H2. The zero-order valence-corrected chi connectivity index (χ0v) is 9.63. The predicted octanol–water partition coefficient (Wildman–Crippen LogP) is 3.51. The van der Waals surface area contributed by atoms with Crippen LogP contribution in [0.25, 0.3) is 0 Å². The maximum Gasteiger partial charge on any atom is 0.136 e. The first-order valence-electron chi connectivity index (χ1n) is 4.57. The Balaban J connectivity index is 2.27. The summed E-state index contributed by atoms with van der Waals surface area (Å²) in [5.74, 6) is 0.189. The van der Waals surface area contributed by atoms with Crippen LogP contribution in [0.1, 0.15) is 11.4 Å². The van der Waals surface area contributed by atoms with Gasteiger partial charge in [0, 0.05) is 12.5 Å². The molecule has 1 aromatic heterocycles. The fourth-order valence-corrected chi connectivity index (χ4v) is 1.80. The van der Waals surface area contributed by atoms with Crippen molar-refractivity contribution in [2.24, 2.45) is 0 Å². The van der Waals surface area contributed by atoms with Gasteiger partial charge in [-0.05, 0) is 17.7 Å². The molecule has 2 aromatic rings. The molecule has 0 atom stereocenters. The van der Waals surface area contributed by atoms with Crippen LogP contribution < -0.4 is 0 Å². The van der Waals surface area contributed by atoms with Gasteiger partial charge in [0.05, 0.1) is 0 Å². The summed E-state index contributed by atoms with van der Waals surface area (Å²) in [6, 6.07) is 7.70. The highest BCUT2D eigenvalue weighted by atomic mass is 35.5. The third-order valence-electron chi connectivity index (χ3n) is 1.96. The van der Waals surface area contributed by atoms with Gasteiger partial charge in [-0.15, -0.1) is 0 Å². The quantitative estimate of drug-likeness (QED) is 0.769. The van der Waals surface area contributed by atoms with Gasteiger partial charge in [0.2, 0.25) is 0 Å². The molecular weight excluding hydrogens is 250 g/mol. The van der Waals surface area contributed by atoms with Crippen LogP contribution in [0.4, 0.5) is 4.39 Å². The topological polar surface area (TPSA) is 25.8 Å². The van der Waals surface area contributed by atoms with Crippen molar-refractivity contribution in [3.05, 3.63) is 57.8 Å². The summed E-state index contributed by atoms with van der Waals surface area (Å²) < 4.78 is 12.9. The predicted molar refractivity (Wildman–Crippen MR) is 61.3 cm³/mol. The largest absolute Gasteiger partial charge is 0.221 e. The monoisotopic (exact) mass is 256 g/mol. The van der Waals surface area contributed by atoms with Crippen LogP contribution in [0, 0.1) is 5.82 Å². The van der Waals surface area contributed by atoms with Crippen molar-refractivity contribution in [2.75, 3.05) is 0 Å².